The molecule has 0 fully saturated rings. The number of rotatable bonds is 6. The fourth-order valence-corrected chi connectivity index (χ4v) is 3.05. The molecule has 2 aromatic heterocycles. The average molecular weight is 354 g/mol. The van der Waals surface area contributed by atoms with Crippen molar-refractivity contribution in [3.63, 3.8) is 0 Å². The topological polar surface area (TPSA) is 80.7 Å². The van der Waals surface area contributed by atoms with Crippen LogP contribution in [-0.4, -0.2) is 20.1 Å². The summed E-state index contributed by atoms with van der Waals surface area (Å²) < 4.78 is 3.24. The van der Waals surface area contributed by atoms with Crippen molar-refractivity contribution in [1.29, 1.82) is 5.26 Å². The van der Waals surface area contributed by atoms with Gasteiger partial charge in [-0.15, -0.1) is 0 Å². The van der Waals surface area contributed by atoms with Gasteiger partial charge in [0.1, 0.15) is 18.2 Å². The molecular weight excluding hydrogens is 328 g/mol. The Morgan fingerprint density at radius 1 is 1.27 bits per heavy atom. The van der Waals surface area contributed by atoms with E-state index in [2.05, 4.69) is 23.5 Å². The minimum absolute atomic E-state index is 0.0488. The van der Waals surface area contributed by atoms with Crippen LogP contribution in [0.5, 0.6) is 0 Å². The first-order valence-corrected chi connectivity index (χ1v) is 8.85. The summed E-state index contributed by atoms with van der Waals surface area (Å²) in [5, 5.41) is 13.4. The highest BCUT2D eigenvalue weighted by molar-refractivity contribution is 5.97. The van der Waals surface area contributed by atoms with Crippen LogP contribution in [0.3, 0.4) is 0 Å². The van der Waals surface area contributed by atoms with E-state index in [0.29, 0.717) is 22.7 Å². The van der Waals surface area contributed by atoms with E-state index in [4.69, 9.17) is 0 Å². The first-order valence-electron chi connectivity index (χ1n) is 8.85. The van der Waals surface area contributed by atoms with Gasteiger partial charge in [-0.2, -0.15) is 10.4 Å². The summed E-state index contributed by atoms with van der Waals surface area (Å²) in [5.41, 5.74) is 3.22. The molecule has 0 aliphatic carbocycles. The van der Waals surface area contributed by atoms with Crippen LogP contribution in [0, 0.1) is 44.9 Å². The largest absolute Gasteiger partial charge is 0.348 e. The lowest BCUT2D eigenvalue weighted by Crippen LogP contribution is -2.30. The maximum Gasteiger partial charge on any atom is 0.285 e. The van der Waals surface area contributed by atoms with Crippen molar-refractivity contribution in [3.8, 4) is 6.07 Å². The van der Waals surface area contributed by atoms with E-state index < -0.39 is 5.56 Å². The third kappa shape index (κ3) is 3.77. The van der Waals surface area contributed by atoms with Gasteiger partial charge in [0.15, 0.2) is 5.78 Å². The second-order valence-electron chi connectivity index (χ2n) is 7.20. The summed E-state index contributed by atoms with van der Waals surface area (Å²) in [6.45, 7) is 12.4. The van der Waals surface area contributed by atoms with Crippen molar-refractivity contribution in [1.82, 2.24) is 14.3 Å². The number of carbonyl (C=O) groups is 1. The zero-order valence-corrected chi connectivity index (χ0v) is 16.4. The molecule has 0 saturated heterocycles. The van der Waals surface area contributed by atoms with Crippen LogP contribution in [0.25, 0.3) is 0 Å². The van der Waals surface area contributed by atoms with Crippen LogP contribution < -0.4 is 5.56 Å². The highest BCUT2D eigenvalue weighted by Gasteiger charge is 2.19. The fraction of sp³-hybridized carbons (Fsp3) is 0.500. The number of hydrogen-bond acceptors (Lipinski definition) is 4. The van der Waals surface area contributed by atoms with Crippen molar-refractivity contribution < 1.29 is 4.79 Å². The van der Waals surface area contributed by atoms with Gasteiger partial charge in [-0.3, -0.25) is 9.59 Å². The molecule has 0 atom stereocenters. The molecule has 0 spiro atoms. The quantitative estimate of drug-likeness (QED) is 0.747. The SMILES string of the molecule is Cc1nn(CC(=O)c2cc(C)n(CCC(C)C)c2C)c(=O)c(C#N)c1C. The Bertz CT molecular complexity index is 942. The Morgan fingerprint density at radius 2 is 1.92 bits per heavy atom. The van der Waals surface area contributed by atoms with Gasteiger partial charge in [-0.25, -0.2) is 4.68 Å². The summed E-state index contributed by atoms with van der Waals surface area (Å²) in [4.78, 5) is 25.2. The Morgan fingerprint density at radius 3 is 2.50 bits per heavy atom. The number of aryl methyl sites for hydroxylation is 2. The number of hydrogen-bond donors (Lipinski definition) is 0. The van der Waals surface area contributed by atoms with E-state index in [0.717, 1.165) is 29.0 Å². The van der Waals surface area contributed by atoms with Gasteiger partial charge in [0.2, 0.25) is 0 Å². The Labute approximate surface area is 154 Å². The molecule has 0 aromatic carbocycles. The zero-order chi connectivity index (χ0) is 19.6. The van der Waals surface area contributed by atoms with Crippen LogP contribution >= 0.6 is 0 Å². The second kappa shape index (κ2) is 7.69. The van der Waals surface area contributed by atoms with E-state index in [1.807, 2.05) is 26.0 Å². The standard InChI is InChI=1S/C20H26N4O2/c1-12(2)7-8-23-13(3)9-17(16(23)6)19(25)11-24-20(26)18(10-21)14(4)15(5)22-24/h9,12H,7-8,11H2,1-6H3. The monoisotopic (exact) mass is 354 g/mol. The normalized spacial score (nSPS) is 11.0. The first-order chi connectivity index (χ1) is 12.2. The molecular formula is C20H26N4O2. The number of Topliss-reactive ketones (excluding diaryl/α,β-unsaturated/α-hetero) is 1. The van der Waals surface area contributed by atoms with E-state index >= 15 is 0 Å². The molecule has 2 heterocycles. The number of aromatic nitrogens is 3. The molecule has 0 aliphatic rings. The fourth-order valence-electron chi connectivity index (χ4n) is 3.05. The maximum atomic E-state index is 12.8. The number of carbonyl (C=O) groups excluding carboxylic acids is 1. The summed E-state index contributed by atoms with van der Waals surface area (Å²) in [6, 6.07) is 3.79. The van der Waals surface area contributed by atoms with Crippen LogP contribution in [0.2, 0.25) is 0 Å². The van der Waals surface area contributed by atoms with Crippen molar-refractivity contribution >= 4 is 5.78 Å². The summed E-state index contributed by atoms with van der Waals surface area (Å²) in [6.07, 6.45) is 1.04. The van der Waals surface area contributed by atoms with E-state index in [-0.39, 0.29) is 17.9 Å². The molecule has 6 nitrogen and oxygen atoms in total. The lowest BCUT2D eigenvalue weighted by molar-refractivity contribution is 0.0964. The highest BCUT2D eigenvalue weighted by atomic mass is 16.1. The van der Waals surface area contributed by atoms with Crippen LogP contribution in [0.4, 0.5) is 0 Å². The predicted octanol–water partition coefficient (Wildman–Crippen LogP) is 3.08. The van der Waals surface area contributed by atoms with Gasteiger partial charge in [0.05, 0.1) is 5.69 Å². The predicted molar refractivity (Wildman–Crippen MR) is 100 cm³/mol. The van der Waals surface area contributed by atoms with E-state index in [1.165, 1.54) is 0 Å². The first kappa shape index (κ1) is 19.6. The van der Waals surface area contributed by atoms with Crippen molar-refractivity contribution in [2.75, 3.05) is 0 Å². The summed E-state index contributed by atoms with van der Waals surface area (Å²) in [7, 11) is 0. The Hall–Kier alpha value is -2.68. The molecule has 0 amide bonds. The molecule has 0 saturated carbocycles. The van der Waals surface area contributed by atoms with Crippen molar-refractivity contribution in [3.05, 3.63) is 50.2 Å². The van der Waals surface area contributed by atoms with E-state index in [1.54, 1.807) is 13.8 Å². The molecule has 0 radical (unpaired) electrons. The molecule has 2 rings (SSSR count). The smallest absolute Gasteiger partial charge is 0.285 e. The summed E-state index contributed by atoms with van der Waals surface area (Å²) >= 11 is 0. The van der Waals surface area contributed by atoms with Crippen LogP contribution in [-0.2, 0) is 13.1 Å². The van der Waals surface area contributed by atoms with Crippen molar-refractivity contribution in [2.45, 2.75) is 61.1 Å². The molecule has 0 aliphatic heterocycles. The van der Waals surface area contributed by atoms with Gasteiger partial charge >= 0.3 is 0 Å². The minimum atomic E-state index is -0.516. The second-order valence-corrected chi connectivity index (χ2v) is 7.20. The van der Waals surface area contributed by atoms with Crippen molar-refractivity contribution in [2.24, 2.45) is 5.92 Å². The van der Waals surface area contributed by atoms with Gasteiger partial charge in [0.25, 0.3) is 5.56 Å². The molecule has 26 heavy (non-hydrogen) atoms. The lowest BCUT2D eigenvalue weighted by Gasteiger charge is -2.12. The van der Waals surface area contributed by atoms with Gasteiger partial charge in [-0.1, -0.05) is 13.8 Å². The molecule has 0 bridgehead atoms. The number of ketones is 1. The minimum Gasteiger partial charge on any atom is -0.348 e. The lowest BCUT2D eigenvalue weighted by atomic mass is 10.1. The zero-order valence-electron chi connectivity index (χ0n) is 16.4. The van der Waals surface area contributed by atoms with Crippen LogP contribution in [0.15, 0.2) is 10.9 Å². The third-order valence-corrected chi connectivity index (χ3v) is 4.85. The maximum absolute atomic E-state index is 12.8. The average Bonchev–Trinajstić information content (AvgIpc) is 2.85. The number of nitriles is 1. The highest BCUT2D eigenvalue weighted by Crippen LogP contribution is 2.18. The van der Waals surface area contributed by atoms with Gasteiger partial charge in [0, 0.05) is 23.5 Å². The van der Waals surface area contributed by atoms with E-state index in [9.17, 15) is 14.9 Å². The third-order valence-electron chi connectivity index (χ3n) is 4.85. The Kier molecular flexibility index (Phi) is 5.81. The summed E-state index contributed by atoms with van der Waals surface area (Å²) in [5.74, 6) is 0.411. The molecule has 138 valence electrons. The Balaban J connectivity index is 2.35. The molecule has 6 heteroatoms. The van der Waals surface area contributed by atoms with Gasteiger partial charge in [-0.05, 0) is 51.7 Å². The molecule has 2 aromatic rings. The molecule has 0 unspecified atom stereocenters. The molecule has 0 N–H and O–H groups in total. The van der Waals surface area contributed by atoms with Gasteiger partial charge < -0.3 is 4.57 Å². The number of nitrogens with zero attached hydrogens (tertiary/aromatic N) is 4. The van der Waals surface area contributed by atoms with Crippen LogP contribution in [0.1, 0.15) is 58.8 Å².